The Balaban J connectivity index is 1.79. The summed E-state index contributed by atoms with van der Waals surface area (Å²) in [6, 6.07) is 8.03. The number of nitrogens with one attached hydrogen (secondary N) is 1. The Labute approximate surface area is 149 Å². The molecule has 0 saturated carbocycles. The minimum absolute atomic E-state index is 0.150. The molecule has 1 N–H and O–H groups in total. The van der Waals surface area contributed by atoms with E-state index >= 15 is 0 Å². The van der Waals surface area contributed by atoms with Gasteiger partial charge in [0, 0.05) is 24.8 Å². The van der Waals surface area contributed by atoms with E-state index in [0.717, 1.165) is 25.9 Å². The standard InChI is InChI=1S/C17H15Cl2N3O2/c18-12-4-3-5-13(15(12)19)21-16(23)11-6-7-20-14(10-11)17(24)22-8-1-2-9-22/h3-7,10H,1-2,8-9H2,(H,21,23). The normalized spacial score (nSPS) is 13.8. The Kier molecular flexibility index (Phi) is 5.02. The number of pyridine rings is 1. The van der Waals surface area contributed by atoms with E-state index in [1.165, 1.54) is 12.3 Å². The van der Waals surface area contributed by atoms with Gasteiger partial charge in [-0.15, -0.1) is 0 Å². The molecule has 24 heavy (non-hydrogen) atoms. The molecule has 2 heterocycles. The molecule has 1 aromatic carbocycles. The maximum Gasteiger partial charge on any atom is 0.272 e. The molecule has 1 saturated heterocycles. The summed E-state index contributed by atoms with van der Waals surface area (Å²) in [6.07, 6.45) is 3.45. The van der Waals surface area contributed by atoms with Gasteiger partial charge in [0.25, 0.3) is 11.8 Å². The lowest BCUT2D eigenvalue weighted by Crippen LogP contribution is -2.28. The van der Waals surface area contributed by atoms with Gasteiger partial charge in [0.1, 0.15) is 5.69 Å². The Morgan fingerprint density at radius 3 is 2.62 bits per heavy atom. The lowest BCUT2D eigenvalue weighted by Gasteiger charge is -2.15. The number of nitrogens with zero attached hydrogens (tertiary/aromatic N) is 2. The number of rotatable bonds is 3. The zero-order valence-electron chi connectivity index (χ0n) is 12.8. The van der Waals surface area contributed by atoms with Crippen LogP contribution in [0.4, 0.5) is 5.69 Å². The number of amides is 2. The third kappa shape index (κ3) is 3.52. The van der Waals surface area contributed by atoms with Crippen molar-refractivity contribution < 1.29 is 9.59 Å². The zero-order chi connectivity index (χ0) is 17.1. The SMILES string of the molecule is O=C(Nc1cccc(Cl)c1Cl)c1ccnc(C(=O)N2CCCC2)c1. The van der Waals surface area contributed by atoms with Crippen LogP contribution in [0.1, 0.15) is 33.7 Å². The van der Waals surface area contributed by atoms with E-state index in [-0.39, 0.29) is 22.5 Å². The van der Waals surface area contributed by atoms with Crippen molar-refractivity contribution in [3.8, 4) is 0 Å². The smallest absolute Gasteiger partial charge is 0.272 e. The third-order valence-corrected chi connectivity index (χ3v) is 4.65. The number of benzene rings is 1. The van der Waals surface area contributed by atoms with Gasteiger partial charge in [0.2, 0.25) is 0 Å². The van der Waals surface area contributed by atoms with Crippen molar-refractivity contribution in [3.05, 3.63) is 57.8 Å². The number of carbonyl (C=O) groups is 2. The van der Waals surface area contributed by atoms with Crippen LogP contribution in [0.5, 0.6) is 0 Å². The van der Waals surface area contributed by atoms with Gasteiger partial charge in [-0.3, -0.25) is 14.6 Å². The van der Waals surface area contributed by atoms with Crippen LogP contribution in [0.25, 0.3) is 0 Å². The minimum atomic E-state index is -0.378. The van der Waals surface area contributed by atoms with Crippen molar-refractivity contribution in [1.82, 2.24) is 9.88 Å². The summed E-state index contributed by atoms with van der Waals surface area (Å²) in [4.78, 5) is 30.6. The van der Waals surface area contributed by atoms with Gasteiger partial charge in [-0.05, 0) is 37.1 Å². The van der Waals surface area contributed by atoms with E-state index in [4.69, 9.17) is 23.2 Å². The number of likely N-dealkylation sites (tertiary alicyclic amines) is 1. The summed E-state index contributed by atoms with van der Waals surface area (Å²) in [7, 11) is 0. The van der Waals surface area contributed by atoms with E-state index in [1.54, 1.807) is 29.2 Å². The highest BCUT2D eigenvalue weighted by Gasteiger charge is 2.21. The molecule has 124 valence electrons. The van der Waals surface area contributed by atoms with Crippen LogP contribution in [0, 0.1) is 0 Å². The van der Waals surface area contributed by atoms with Gasteiger partial charge >= 0.3 is 0 Å². The van der Waals surface area contributed by atoms with Gasteiger partial charge in [-0.25, -0.2) is 0 Å². The summed E-state index contributed by atoms with van der Waals surface area (Å²) in [5.74, 6) is -0.528. The highest BCUT2D eigenvalue weighted by Crippen LogP contribution is 2.29. The van der Waals surface area contributed by atoms with Crippen molar-refractivity contribution in [1.29, 1.82) is 0 Å². The van der Waals surface area contributed by atoms with Gasteiger partial charge in [-0.2, -0.15) is 0 Å². The van der Waals surface area contributed by atoms with Crippen LogP contribution < -0.4 is 5.32 Å². The number of aromatic nitrogens is 1. The fourth-order valence-corrected chi connectivity index (χ4v) is 2.91. The predicted octanol–water partition coefficient (Wildman–Crippen LogP) is 3.88. The summed E-state index contributed by atoms with van der Waals surface area (Å²) in [5.41, 5.74) is 1.02. The molecule has 2 aromatic rings. The first-order valence-corrected chi connectivity index (χ1v) is 8.32. The van der Waals surface area contributed by atoms with E-state index in [1.807, 2.05) is 0 Å². The topological polar surface area (TPSA) is 62.3 Å². The van der Waals surface area contributed by atoms with E-state index in [2.05, 4.69) is 10.3 Å². The van der Waals surface area contributed by atoms with Crippen LogP contribution in [0.3, 0.4) is 0 Å². The molecular weight excluding hydrogens is 349 g/mol. The molecule has 1 fully saturated rings. The monoisotopic (exact) mass is 363 g/mol. The third-order valence-electron chi connectivity index (χ3n) is 3.83. The van der Waals surface area contributed by atoms with Crippen molar-refractivity contribution in [3.63, 3.8) is 0 Å². The molecule has 0 spiro atoms. The molecule has 2 amide bonds. The molecule has 0 aliphatic carbocycles. The van der Waals surface area contributed by atoms with Gasteiger partial charge < -0.3 is 10.2 Å². The van der Waals surface area contributed by atoms with Crippen LogP contribution in [0.2, 0.25) is 10.0 Å². The minimum Gasteiger partial charge on any atom is -0.337 e. The summed E-state index contributed by atoms with van der Waals surface area (Å²) < 4.78 is 0. The molecule has 0 bridgehead atoms. The molecule has 0 radical (unpaired) electrons. The maximum absolute atomic E-state index is 12.4. The molecule has 1 aliphatic heterocycles. The van der Waals surface area contributed by atoms with E-state index in [9.17, 15) is 9.59 Å². The molecule has 0 unspecified atom stereocenters. The molecule has 0 atom stereocenters. The lowest BCUT2D eigenvalue weighted by molar-refractivity contribution is 0.0787. The number of hydrogen-bond acceptors (Lipinski definition) is 3. The second-order valence-electron chi connectivity index (χ2n) is 5.48. The Bertz CT molecular complexity index is 789. The van der Waals surface area contributed by atoms with Crippen LogP contribution in [-0.2, 0) is 0 Å². The van der Waals surface area contributed by atoms with Crippen LogP contribution in [0.15, 0.2) is 36.5 Å². The van der Waals surface area contributed by atoms with Crippen molar-refractivity contribution in [2.24, 2.45) is 0 Å². The molecule has 1 aliphatic rings. The average Bonchev–Trinajstić information content (AvgIpc) is 3.13. The van der Waals surface area contributed by atoms with Crippen LogP contribution >= 0.6 is 23.2 Å². The number of anilines is 1. The summed E-state index contributed by atoms with van der Waals surface area (Å²) >= 11 is 12.0. The Morgan fingerprint density at radius 2 is 1.88 bits per heavy atom. The van der Waals surface area contributed by atoms with Gasteiger partial charge in [0.15, 0.2) is 0 Å². The number of halogens is 2. The first-order valence-electron chi connectivity index (χ1n) is 7.57. The first-order chi connectivity index (χ1) is 11.6. The molecular formula is C17H15Cl2N3O2. The molecule has 3 rings (SSSR count). The Morgan fingerprint density at radius 1 is 1.12 bits per heavy atom. The highest BCUT2D eigenvalue weighted by atomic mass is 35.5. The lowest BCUT2D eigenvalue weighted by atomic mass is 10.2. The fraction of sp³-hybridized carbons (Fsp3) is 0.235. The van der Waals surface area contributed by atoms with Crippen molar-refractivity contribution in [2.45, 2.75) is 12.8 Å². The summed E-state index contributed by atoms with van der Waals surface area (Å²) in [6.45, 7) is 1.46. The largest absolute Gasteiger partial charge is 0.337 e. The van der Waals surface area contributed by atoms with Crippen molar-refractivity contribution in [2.75, 3.05) is 18.4 Å². The number of hydrogen-bond donors (Lipinski definition) is 1. The molecule has 7 heteroatoms. The quantitative estimate of drug-likeness (QED) is 0.899. The molecule has 5 nitrogen and oxygen atoms in total. The van der Waals surface area contributed by atoms with E-state index in [0.29, 0.717) is 16.3 Å². The zero-order valence-corrected chi connectivity index (χ0v) is 14.3. The second kappa shape index (κ2) is 7.20. The first kappa shape index (κ1) is 16.7. The van der Waals surface area contributed by atoms with Crippen LogP contribution in [-0.4, -0.2) is 34.8 Å². The van der Waals surface area contributed by atoms with E-state index < -0.39 is 0 Å². The second-order valence-corrected chi connectivity index (χ2v) is 6.27. The highest BCUT2D eigenvalue weighted by molar-refractivity contribution is 6.44. The average molecular weight is 364 g/mol. The predicted molar refractivity (Wildman–Crippen MR) is 93.8 cm³/mol. The fourth-order valence-electron chi connectivity index (χ4n) is 2.57. The Hall–Kier alpha value is -2.11. The maximum atomic E-state index is 12.4. The van der Waals surface area contributed by atoms with Gasteiger partial charge in [0.05, 0.1) is 15.7 Å². The van der Waals surface area contributed by atoms with Crippen molar-refractivity contribution >= 4 is 40.7 Å². The summed E-state index contributed by atoms with van der Waals surface area (Å²) in [5, 5.41) is 3.32. The molecule has 1 aromatic heterocycles. The van der Waals surface area contributed by atoms with Gasteiger partial charge in [-0.1, -0.05) is 29.3 Å². The number of carbonyl (C=O) groups excluding carboxylic acids is 2.